The van der Waals surface area contributed by atoms with E-state index >= 15 is 0 Å². The summed E-state index contributed by atoms with van der Waals surface area (Å²) in [6.07, 6.45) is 0.447. The van der Waals surface area contributed by atoms with Gasteiger partial charge >= 0.3 is 0 Å². The van der Waals surface area contributed by atoms with Crippen molar-refractivity contribution in [2.24, 2.45) is 5.92 Å². The Morgan fingerprint density at radius 3 is 2.64 bits per heavy atom. The summed E-state index contributed by atoms with van der Waals surface area (Å²) in [4.78, 5) is 0. The summed E-state index contributed by atoms with van der Waals surface area (Å²) in [5.74, 6) is -0.409. The lowest BCUT2D eigenvalue weighted by molar-refractivity contribution is 0.255. The van der Waals surface area contributed by atoms with E-state index in [2.05, 4.69) is 0 Å². The van der Waals surface area contributed by atoms with E-state index in [1.54, 1.807) is 18.2 Å². The van der Waals surface area contributed by atoms with Gasteiger partial charge in [0.2, 0.25) is 0 Å². The fraction of sp³-hybridized carbons (Fsp3) is 0.300. The minimum atomic E-state index is -0.409. The zero-order valence-corrected chi connectivity index (χ0v) is 8.89. The van der Waals surface area contributed by atoms with E-state index in [9.17, 15) is 0 Å². The van der Waals surface area contributed by atoms with Crippen LogP contribution in [0.5, 0.6) is 0 Å². The highest BCUT2D eigenvalue weighted by Gasteiger charge is 2.09. The van der Waals surface area contributed by atoms with E-state index < -0.39 is 5.92 Å². The highest BCUT2D eigenvalue weighted by molar-refractivity contribution is 6.35. The Hall–Kier alpha value is -0.750. The molecule has 0 aliphatic rings. The van der Waals surface area contributed by atoms with Gasteiger partial charge in [-0.1, -0.05) is 29.3 Å². The van der Waals surface area contributed by atoms with Crippen molar-refractivity contribution < 1.29 is 5.11 Å². The molecule has 1 rings (SSSR count). The molecule has 0 saturated heterocycles. The third-order valence-electron chi connectivity index (χ3n) is 1.88. The van der Waals surface area contributed by atoms with Gasteiger partial charge in [-0.15, -0.1) is 0 Å². The first-order valence-electron chi connectivity index (χ1n) is 4.11. The number of hydrogen-bond acceptors (Lipinski definition) is 2. The van der Waals surface area contributed by atoms with Gasteiger partial charge in [0.1, 0.15) is 0 Å². The highest BCUT2D eigenvalue weighted by Crippen LogP contribution is 2.23. The molecular formula is C10H9Cl2NO. The monoisotopic (exact) mass is 229 g/mol. The number of aliphatic hydroxyl groups is 1. The van der Waals surface area contributed by atoms with E-state index in [4.69, 9.17) is 33.6 Å². The summed E-state index contributed by atoms with van der Waals surface area (Å²) in [5.41, 5.74) is 0.830. The molecule has 0 aromatic heterocycles. The third kappa shape index (κ3) is 2.88. The normalized spacial score (nSPS) is 12.1. The molecule has 0 saturated carbocycles. The minimum absolute atomic E-state index is 0.157. The van der Waals surface area contributed by atoms with Crippen LogP contribution >= 0.6 is 23.2 Å². The number of nitrogens with zero attached hydrogens (tertiary/aromatic N) is 1. The highest BCUT2D eigenvalue weighted by atomic mass is 35.5. The number of halogens is 2. The molecule has 0 radical (unpaired) electrons. The van der Waals surface area contributed by atoms with E-state index in [0.717, 1.165) is 5.56 Å². The molecule has 14 heavy (non-hydrogen) atoms. The van der Waals surface area contributed by atoms with Crippen LogP contribution < -0.4 is 0 Å². The van der Waals surface area contributed by atoms with Crippen molar-refractivity contribution in [2.45, 2.75) is 6.42 Å². The zero-order valence-electron chi connectivity index (χ0n) is 7.37. The molecule has 0 unspecified atom stereocenters. The van der Waals surface area contributed by atoms with Crippen LogP contribution in [0.4, 0.5) is 0 Å². The molecule has 0 aliphatic heterocycles. The van der Waals surface area contributed by atoms with Crippen LogP contribution in [0.3, 0.4) is 0 Å². The Bertz CT molecular complexity index is 360. The van der Waals surface area contributed by atoms with Gasteiger partial charge in [-0.05, 0) is 24.1 Å². The van der Waals surface area contributed by atoms with Crippen LogP contribution in [-0.2, 0) is 6.42 Å². The fourth-order valence-electron chi connectivity index (χ4n) is 1.10. The summed E-state index contributed by atoms with van der Waals surface area (Å²) in [6, 6.07) is 7.11. The molecule has 1 aromatic rings. The van der Waals surface area contributed by atoms with E-state index in [-0.39, 0.29) is 6.61 Å². The smallest absolute Gasteiger partial charge is 0.0735 e. The molecule has 0 fully saturated rings. The van der Waals surface area contributed by atoms with Crippen molar-refractivity contribution in [2.75, 3.05) is 6.61 Å². The van der Waals surface area contributed by atoms with Gasteiger partial charge < -0.3 is 5.11 Å². The van der Waals surface area contributed by atoms with Crippen molar-refractivity contribution in [1.82, 2.24) is 0 Å². The van der Waals surface area contributed by atoms with Crippen LogP contribution in [0.25, 0.3) is 0 Å². The minimum Gasteiger partial charge on any atom is -0.395 e. The number of benzene rings is 1. The molecule has 0 aliphatic carbocycles. The van der Waals surface area contributed by atoms with Gasteiger partial charge in [0.15, 0.2) is 0 Å². The van der Waals surface area contributed by atoms with Gasteiger partial charge in [-0.25, -0.2) is 0 Å². The molecule has 0 heterocycles. The quantitative estimate of drug-likeness (QED) is 0.867. The Kier molecular flexibility index (Phi) is 4.21. The van der Waals surface area contributed by atoms with E-state index in [1.165, 1.54) is 0 Å². The Morgan fingerprint density at radius 2 is 2.14 bits per heavy atom. The SMILES string of the molecule is N#C[C@H](CO)Cc1ccc(Cl)cc1Cl. The molecule has 1 aromatic carbocycles. The lowest BCUT2D eigenvalue weighted by atomic mass is 10.0. The van der Waals surface area contributed by atoms with Gasteiger partial charge in [0.05, 0.1) is 18.6 Å². The van der Waals surface area contributed by atoms with Crippen LogP contribution in [0, 0.1) is 17.2 Å². The van der Waals surface area contributed by atoms with E-state index in [1.807, 2.05) is 6.07 Å². The summed E-state index contributed by atoms with van der Waals surface area (Å²) in [7, 11) is 0. The lowest BCUT2D eigenvalue weighted by Gasteiger charge is -2.07. The first kappa shape index (κ1) is 11.3. The predicted molar refractivity (Wildman–Crippen MR) is 56.4 cm³/mol. The summed E-state index contributed by atoms with van der Waals surface area (Å²) < 4.78 is 0. The van der Waals surface area contributed by atoms with Gasteiger partial charge in [0.25, 0.3) is 0 Å². The molecule has 0 bridgehead atoms. The molecule has 0 amide bonds. The average Bonchev–Trinajstić information content (AvgIpc) is 2.17. The topological polar surface area (TPSA) is 44.0 Å². The fourth-order valence-corrected chi connectivity index (χ4v) is 1.59. The predicted octanol–water partition coefficient (Wildman–Crippen LogP) is 2.67. The second-order valence-electron chi connectivity index (χ2n) is 2.95. The average molecular weight is 230 g/mol. The molecule has 0 spiro atoms. The second kappa shape index (κ2) is 5.21. The largest absolute Gasteiger partial charge is 0.395 e. The Balaban J connectivity index is 2.82. The number of nitriles is 1. The van der Waals surface area contributed by atoms with Crippen LogP contribution in [0.15, 0.2) is 18.2 Å². The third-order valence-corrected chi connectivity index (χ3v) is 2.47. The molecule has 2 nitrogen and oxygen atoms in total. The summed E-state index contributed by atoms with van der Waals surface area (Å²) in [5, 5.41) is 18.6. The summed E-state index contributed by atoms with van der Waals surface area (Å²) >= 11 is 11.6. The van der Waals surface area contributed by atoms with Crippen LogP contribution in [0.1, 0.15) is 5.56 Å². The Morgan fingerprint density at radius 1 is 1.43 bits per heavy atom. The second-order valence-corrected chi connectivity index (χ2v) is 3.79. The van der Waals surface area contributed by atoms with Crippen LogP contribution in [-0.4, -0.2) is 11.7 Å². The molecule has 74 valence electrons. The van der Waals surface area contributed by atoms with Crippen molar-refractivity contribution in [3.8, 4) is 6.07 Å². The summed E-state index contributed by atoms with van der Waals surface area (Å²) in [6.45, 7) is -0.157. The van der Waals surface area contributed by atoms with Crippen molar-refractivity contribution >= 4 is 23.2 Å². The van der Waals surface area contributed by atoms with Gasteiger partial charge in [-0.3, -0.25) is 0 Å². The molecule has 4 heteroatoms. The maximum Gasteiger partial charge on any atom is 0.0735 e. The first-order chi connectivity index (χ1) is 6.67. The lowest BCUT2D eigenvalue weighted by Crippen LogP contribution is -2.06. The van der Waals surface area contributed by atoms with Crippen molar-refractivity contribution in [3.63, 3.8) is 0 Å². The number of rotatable bonds is 3. The maximum absolute atomic E-state index is 8.84. The van der Waals surface area contributed by atoms with Crippen LogP contribution in [0.2, 0.25) is 10.0 Å². The van der Waals surface area contributed by atoms with Crippen molar-refractivity contribution in [3.05, 3.63) is 33.8 Å². The zero-order chi connectivity index (χ0) is 10.6. The number of hydrogen-bond donors (Lipinski definition) is 1. The molecular weight excluding hydrogens is 221 g/mol. The van der Waals surface area contributed by atoms with Gasteiger partial charge in [0, 0.05) is 10.0 Å². The standard InChI is InChI=1S/C10H9Cl2NO/c11-9-2-1-8(10(12)4-9)3-7(5-13)6-14/h1-2,4,7,14H,3,6H2/t7-/m1/s1. The van der Waals surface area contributed by atoms with E-state index in [0.29, 0.717) is 16.5 Å². The first-order valence-corrected chi connectivity index (χ1v) is 4.87. The maximum atomic E-state index is 8.84. The Labute approximate surface area is 92.7 Å². The van der Waals surface area contributed by atoms with Crippen molar-refractivity contribution in [1.29, 1.82) is 5.26 Å². The molecule has 1 N–H and O–H groups in total. The van der Waals surface area contributed by atoms with Gasteiger partial charge in [-0.2, -0.15) is 5.26 Å². The number of aliphatic hydroxyl groups excluding tert-OH is 1. The molecule has 1 atom stereocenters.